The lowest BCUT2D eigenvalue weighted by Crippen LogP contribution is -2.51. The van der Waals surface area contributed by atoms with Gasteiger partial charge in [-0.15, -0.1) is 0 Å². The van der Waals surface area contributed by atoms with Crippen molar-refractivity contribution in [3.8, 4) is 0 Å². The van der Waals surface area contributed by atoms with Crippen LogP contribution in [-0.4, -0.2) is 41.6 Å². The molecule has 2 aliphatic rings. The summed E-state index contributed by atoms with van der Waals surface area (Å²) in [7, 11) is 1.50. The first-order valence-electron chi connectivity index (χ1n) is 4.39. The second-order valence-corrected chi connectivity index (χ2v) is 3.68. The van der Waals surface area contributed by atoms with Gasteiger partial charge in [0.2, 0.25) is 0 Å². The number of methoxy groups -OCH3 is 1. The molecule has 0 spiro atoms. The first kappa shape index (κ1) is 9.64. The molecule has 0 radical (unpaired) electrons. The summed E-state index contributed by atoms with van der Waals surface area (Å²) in [6.45, 7) is 0.258. The highest BCUT2D eigenvalue weighted by atomic mass is 16.6. The Morgan fingerprint density at radius 2 is 2.50 bits per heavy atom. The van der Waals surface area contributed by atoms with Crippen molar-refractivity contribution in [1.29, 1.82) is 0 Å². The molecule has 5 heteroatoms. The van der Waals surface area contributed by atoms with Gasteiger partial charge < -0.3 is 19.7 Å². The molecule has 2 rings (SSSR count). The maximum absolute atomic E-state index is 11.0. The molecule has 0 amide bonds. The van der Waals surface area contributed by atoms with Gasteiger partial charge in [0.25, 0.3) is 0 Å². The summed E-state index contributed by atoms with van der Waals surface area (Å²) in [6.07, 6.45) is 0.252. The molecule has 2 bridgehead atoms. The minimum Gasteiger partial charge on any atom is -0.428 e. The van der Waals surface area contributed by atoms with Crippen molar-refractivity contribution < 1.29 is 24.5 Å². The Bertz CT molecular complexity index is 298. The average molecular weight is 200 g/mol. The zero-order chi connectivity index (χ0) is 10.3. The SMILES string of the molecule is COC[C@@H]1C=C2OC(=O)C[C@@]1(O)[C@H]2O. The Labute approximate surface area is 80.9 Å². The van der Waals surface area contributed by atoms with E-state index in [2.05, 4.69) is 0 Å². The predicted molar refractivity (Wildman–Crippen MR) is 45.1 cm³/mol. The quantitative estimate of drug-likeness (QED) is 0.570. The maximum Gasteiger partial charge on any atom is 0.314 e. The second-order valence-electron chi connectivity index (χ2n) is 3.68. The first-order valence-corrected chi connectivity index (χ1v) is 4.39. The molecule has 1 saturated heterocycles. The Kier molecular flexibility index (Phi) is 2.10. The third-order valence-electron chi connectivity index (χ3n) is 2.76. The van der Waals surface area contributed by atoms with Gasteiger partial charge in [0.05, 0.1) is 13.0 Å². The van der Waals surface area contributed by atoms with Crippen LogP contribution in [0.5, 0.6) is 0 Å². The smallest absolute Gasteiger partial charge is 0.314 e. The van der Waals surface area contributed by atoms with Crippen LogP contribution in [0.25, 0.3) is 0 Å². The van der Waals surface area contributed by atoms with Crippen LogP contribution in [0.2, 0.25) is 0 Å². The molecule has 0 saturated carbocycles. The van der Waals surface area contributed by atoms with Crippen molar-refractivity contribution in [2.45, 2.75) is 18.1 Å². The van der Waals surface area contributed by atoms with Crippen molar-refractivity contribution in [3.63, 3.8) is 0 Å². The molecule has 2 N–H and O–H groups in total. The van der Waals surface area contributed by atoms with Gasteiger partial charge in [-0.2, -0.15) is 0 Å². The van der Waals surface area contributed by atoms with Crippen LogP contribution in [0.15, 0.2) is 11.8 Å². The van der Waals surface area contributed by atoms with E-state index >= 15 is 0 Å². The molecule has 3 atom stereocenters. The zero-order valence-electron chi connectivity index (χ0n) is 7.77. The van der Waals surface area contributed by atoms with Crippen LogP contribution < -0.4 is 0 Å². The summed E-state index contributed by atoms with van der Waals surface area (Å²) < 4.78 is 9.69. The highest BCUT2D eigenvalue weighted by Gasteiger charge is 2.55. The van der Waals surface area contributed by atoms with Crippen molar-refractivity contribution in [1.82, 2.24) is 0 Å². The van der Waals surface area contributed by atoms with E-state index in [9.17, 15) is 15.0 Å². The summed E-state index contributed by atoms with van der Waals surface area (Å²) in [6, 6.07) is 0. The molecule has 0 unspecified atom stereocenters. The van der Waals surface area contributed by atoms with E-state index in [4.69, 9.17) is 9.47 Å². The van der Waals surface area contributed by atoms with E-state index in [1.54, 1.807) is 6.08 Å². The molecule has 1 fully saturated rings. The normalized spacial score (nSPS) is 40.8. The van der Waals surface area contributed by atoms with Crippen molar-refractivity contribution >= 4 is 5.97 Å². The number of rotatable bonds is 2. The first-order chi connectivity index (χ1) is 6.58. The van der Waals surface area contributed by atoms with Crippen molar-refractivity contribution in [3.05, 3.63) is 11.8 Å². The Morgan fingerprint density at radius 1 is 1.79 bits per heavy atom. The fraction of sp³-hybridized carbons (Fsp3) is 0.667. The molecule has 0 aromatic heterocycles. The van der Waals surface area contributed by atoms with Gasteiger partial charge >= 0.3 is 5.97 Å². The lowest BCUT2D eigenvalue weighted by Gasteiger charge is -2.34. The highest BCUT2D eigenvalue weighted by Crippen LogP contribution is 2.42. The highest BCUT2D eigenvalue weighted by molar-refractivity contribution is 5.75. The number of aliphatic hydroxyl groups is 2. The van der Waals surface area contributed by atoms with E-state index < -0.39 is 17.7 Å². The summed E-state index contributed by atoms with van der Waals surface area (Å²) in [5.74, 6) is -0.752. The van der Waals surface area contributed by atoms with E-state index in [0.717, 1.165) is 0 Å². The van der Waals surface area contributed by atoms with Gasteiger partial charge in [0, 0.05) is 13.0 Å². The largest absolute Gasteiger partial charge is 0.428 e. The van der Waals surface area contributed by atoms with Crippen molar-refractivity contribution in [2.24, 2.45) is 5.92 Å². The second kappa shape index (κ2) is 3.05. The summed E-state index contributed by atoms with van der Waals surface area (Å²) in [5.41, 5.74) is -1.44. The van der Waals surface area contributed by atoms with E-state index in [-0.39, 0.29) is 24.7 Å². The fourth-order valence-corrected chi connectivity index (χ4v) is 1.97. The monoisotopic (exact) mass is 200 g/mol. The van der Waals surface area contributed by atoms with Crippen LogP contribution in [-0.2, 0) is 14.3 Å². The van der Waals surface area contributed by atoms with Gasteiger partial charge in [-0.3, -0.25) is 4.79 Å². The lowest BCUT2D eigenvalue weighted by molar-refractivity contribution is -0.169. The third kappa shape index (κ3) is 1.17. The van der Waals surface area contributed by atoms with Gasteiger partial charge in [-0.1, -0.05) is 0 Å². The summed E-state index contributed by atoms with van der Waals surface area (Å²) in [4.78, 5) is 11.0. The molecule has 5 nitrogen and oxygen atoms in total. The van der Waals surface area contributed by atoms with Gasteiger partial charge in [-0.05, 0) is 6.08 Å². The van der Waals surface area contributed by atoms with Gasteiger partial charge in [0.15, 0.2) is 0 Å². The third-order valence-corrected chi connectivity index (χ3v) is 2.76. The van der Waals surface area contributed by atoms with E-state index in [0.29, 0.717) is 0 Å². The molecular weight excluding hydrogens is 188 g/mol. The zero-order valence-corrected chi connectivity index (χ0v) is 7.77. The van der Waals surface area contributed by atoms with Gasteiger partial charge in [-0.25, -0.2) is 0 Å². The molecule has 0 aromatic rings. The van der Waals surface area contributed by atoms with E-state index in [1.165, 1.54) is 7.11 Å². The fourth-order valence-electron chi connectivity index (χ4n) is 1.97. The Balaban J connectivity index is 2.28. The van der Waals surface area contributed by atoms with Crippen LogP contribution in [0.1, 0.15) is 6.42 Å². The molecule has 14 heavy (non-hydrogen) atoms. The number of fused-ring (bicyclic) bond motifs is 2. The summed E-state index contributed by atoms with van der Waals surface area (Å²) in [5, 5.41) is 19.7. The summed E-state index contributed by atoms with van der Waals surface area (Å²) >= 11 is 0. The van der Waals surface area contributed by atoms with Crippen LogP contribution in [0.3, 0.4) is 0 Å². The standard InChI is InChI=1S/C9H12O5/c1-13-4-5-2-6-8(11)9(5,12)3-7(10)14-6/h2,5,8,11-12H,3-4H2,1H3/t5-,8-,9-/m0/s1. The molecule has 78 valence electrons. The number of carbonyl (C=O) groups is 1. The topological polar surface area (TPSA) is 76.0 Å². The predicted octanol–water partition coefficient (Wildman–Crippen LogP) is -0.815. The molecule has 1 aliphatic carbocycles. The Hall–Kier alpha value is -0.910. The molecule has 1 heterocycles. The Morgan fingerprint density at radius 3 is 3.14 bits per heavy atom. The number of hydrogen-bond acceptors (Lipinski definition) is 5. The maximum atomic E-state index is 11.0. The number of hydrogen-bond donors (Lipinski definition) is 2. The van der Waals surface area contributed by atoms with Crippen LogP contribution in [0.4, 0.5) is 0 Å². The number of carbonyl (C=O) groups excluding carboxylic acids is 1. The van der Waals surface area contributed by atoms with Crippen molar-refractivity contribution in [2.75, 3.05) is 13.7 Å². The molecule has 1 aliphatic heterocycles. The number of aliphatic hydroxyl groups excluding tert-OH is 1. The van der Waals surface area contributed by atoms with Gasteiger partial charge in [0.1, 0.15) is 17.5 Å². The average Bonchev–Trinajstić information content (AvgIpc) is 2.29. The minimum absolute atomic E-state index is 0.144. The number of esters is 1. The van der Waals surface area contributed by atoms with Crippen LogP contribution in [0, 0.1) is 5.92 Å². The minimum atomic E-state index is -1.44. The number of ether oxygens (including phenoxy) is 2. The molecular formula is C9H12O5. The van der Waals surface area contributed by atoms with E-state index in [1.807, 2.05) is 0 Å². The van der Waals surface area contributed by atoms with Crippen LogP contribution >= 0.6 is 0 Å². The molecule has 0 aromatic carbocycles. The lowest BCUT2D eigenvalue weighted by atomic mass is 9.85.